The number of likely N-dealkylation sites (tertiary alicyclic amines) is 1. The van der Waals surface area contributed by atoms with Crippen LogP contribution in [0.4, 0.5) is 4.39 Å². The lowest BCUT2D eigenvalue weighted by atomic mass is 9.81. The number of amides is 1. The molecule has 2 aromatic rings. The maximum atomic E-state index is 12.9. The Balaban J connectivity index is 1.19. The van der Waals surface area contributed by atoms with Gasteiger partial charge in [-0.3, -0.25) is 9.69 Å². The summed E-state index contributed by atoms with van der Waals surface area (Å²) < 4.78 is 18.0. The van der Waals surface area contributed by atoms with E-state index in [-0.39, 0.29) is 18.4 Å². The molecule has 1 aliphatic heterocycles. The number of hydrogen-bond acceptors (Lipinski definition) is 7. The Morgan fingerprint density at radius 1 is 1.37 bits per heavy atom. The second-order valence-corrected chi connectivity index (χ2v) is 10.9. The van der Waals surface area contributed by atoms with Crippen molar-refractivity contribution in [2.45, 2.75) is 82.0 Å². The maximum absolute atomic E-state index is 12.9. The van der Waals surface area contributed by atoms with Gasteiger partial charge >= 0.3 is 0 Å². The number of aliphatic hydroxyl groups excluding tert-OH is 1. The summed E-state index contributed by atoms with van der Waals surface area (Å²) in [4.78, 5) is 20.2. The Kier molecular flexibility index (Phi) is 8.88. The SMILES string of the molecule is COCc1ncc(C2(O)CCC(N3CC[C@@H](NC(=O)CCC(O)c4cccc(CF)c4)C3)CC2)s1. The summed E-state index contributed by atoms with van der Waals surface area (Å²) in [7, 11) is 1.64. The van der Waals surface area contributed by atoms with Crippen molar-refractivity contribution < 1.29 is 24.1 Å². The fourth-order valence-electron chi connectivity index (χ4n) is 5.26. The number of nitrogens with zero attached hydrogens (tertiary/aromatic N) is 2. The number of benzene rings is 1. The van der Waals surface area contributed by atoms with Crippen LogP contribution in [0.2, 0.25) is 0 Å². The highest BCUT2D eigenvalue weighted by Crippen LogP contribution is 2.41. The number of aliphatic hydroxyl groups is 2. The average Bonchev–Trinajstić information content (AvgIpc) is 3.54. The lowest BCUT2D eigenvalue weighted by Gasteiger charge is -2.39. The van der Waals surface area contributed by atoms with E-state index in [1.807, 2.05) is 0 Å². The van der Waals surface area contributed by atoms with E-state index in [9.17, 15) is 19.4 Å². The predicted molar refractivity (Wildman–Crippen MR) is 133 cm³/mol. The number of ether oxygens (including phenoxy) is 1. The summed E-state index contributed by atoms with van der Waals surface area (Å²) in [6.45, 7) is 1.65. The van der Waals surface area contributed by atoms with Gasteiger partial charge in [-0.1, -0.05) is 24.3 Å². The number of methoxy groups -OCH3 is 1. The van der Waals surface area contributed by atoms with Crippen LogP contribution in [0.3, 0.4) is 0 Å². The molecule has 1 saturated carbocycles. The molecule has 192 valence electrons. The van der Waals surface area contributed by atoms with E-state index >= 15 is 0 Å². The number of rotatable bonds is 10. The molecule has 35 heavy (non-hydrogen) atoms. The number of nitrogens with one attached hydrogen (secondary N) is 1. The van der Waals surface area contributed by atoms with E-state index in [1.165, 1.54) is 11.3 Å². The summed E-state index contributed by atoms with van der Waals surface area (Å²) in [5.41, 5.74) is 0.365. The molecule has 2 atom stereocenters. The Labute approximate surface area is 210 Å². The molecule has 7 nitrogen and oxygen atoms in total. The Morgan fingerprint density at radius 2 is 2.17 bits per heavy atom. The molecule has 2 heterocycles. The van der Waals surface area contributed by atoms with Crippen molar-refractivity contribution in [1.82, 2.24) is 15.2 Å². The lowest BCUT2D eigenvalue weighted by Crippen LogP contribution is -2.43. The fraction of sp³-hybridized carbons (Fsp3) is 0.615. The first kappa shape index (κ1) is 26.2. The zero-order valence-electron chi connectivity index (χ0n) is 20.3. The molecular formula is C26H36FN3O4S. The zero-order valence-corrected chi connectivity index (χ0v) is 21.1. The van der Waals surface area contributed by atoms with Crippen LogP contribution >= 0.6 is 11.3 Å². The van der Waals surface area contributed by atoms with E-state index in [1.54, 1.807) is 37.6 Å². The van der Waals surface area contributed by atoms with Gasteiger partial charge < -0.3 is 20.3 Å². The first-order chi connectivity index (χ1) is 16.9. The van der Waals surface area contributed by atoms with Gasteiger partial charge in [-0.2, -0.15) is 0 Å². The molecule has 2 aliphatic rings. The van der Waals surface area contributed by atoms with E-state index < -0.39 is 18.4 Å². The molecule has 0 radical (unpaired) electrons. The second-order valence-electron chi connectivity index (χ2n) is 9.80. The summed E-state index contributed by atoms with van der Waals surface area (Å²) in [5, 5.41) is 25.6. The molecule has 9 heteroatoms. The van der Waals surface area contributed by atoms with Crippen molar-refractivity contribution in [3.05, 3.63) is 51.5 Å². The normalized spacial score (nSPS) is 26.1. The van der Waals surface area contributed by atoms with Gasteiger partial charge in [-0.25, -0.2) is 9.37 Å². The van der Waals surface area contributed by atoms with Gasteiger partial charge in [0.15, 0.2) is 0 Å². The van der Waals surface area contributed by atoms with Crippen molar-refractivity contribution in [1.29, 1.82) is 0 Å². The molecule has 1 aromatic carbocycles. The third-order valence-electron chi connectivity index (χ3n) is 7.30. The first-order valence-electron chi connectivity index (χ1n) is 12.4. The smallest absolute Gasteiger partial charge is 0.220 e. The number of hydrogen-bond donors (Lipinski definition) is 3. The number of alkyl halides is 1. The van der Waals surface area contributed by atoms with Crippen LogP contribution in [0.25, 0.3) is 0 Å². The highest BCUT2D eigenvalue weighted by molar-refractivity contribution is 7.11. The molecule has 1 unspecified atom stereocenters. The Hall–Kier alpha value is -1.91. The maximum Gasteiger partial charge on any atom is 0.220 e. The largest absolute Gasteiger partial charge is 0.388 e. The topological polar surface area (TPSA) is 94.9 Å². The van der Waals surface area contributed by atoms with Crippen LogP contribution < -0.4 is 5.32 Å². The van der Waals surface area contributed by atoms with E-state index in [0.717, 1.165) is 42.2 Å². The summed E-state index contributed by atoms with van der Waals surface area (Å²) in [5.74, 6) is -0.0624. The van der Waals surface area contributed by atoms with Crippen LogP contribution in [0.5, 0.6) is 0 Å². The van der Waals surface area contributed by atoms with Crippen molar-refractivity contribution in [2.75, 3.05) is 20.2 Å². The predicted octanol–water partition coefficient (Wildman–Crippen LogP) is 3.59. The van der Waals surface area contributed by atoms with Crippen molar-refractivity contribution in [3.8, 4) is 0 Å². The number of aromatic nitrogens is 1. The zero-order chi connectivity index (χ0) is 24.8. The minimum absolute atomic E-state index is 0.0624. The van der Waals surface area contributed by atoms with Crippen molar-refractivity contribution in [2.24, 2.45) is 0 Å². The minimum Gasteiger partial charge on any atom is -0.388 e. The molecule has 0 bridgehead atoms. The number of halogens is 1. The first-order valence-corrected chi connectivity index (χ1v) is 13.2. The van der Waals surface area contributed by atoms with E-state index in [0.29, 0.717) is 43.0 Å². The molecular weight excluding hydrogens is 469 g/mol. The van der Waals surface area contributed by atoms with Crippen LogP contribution in [0.1, 0.15) is 72.1 Å². The third kappa shape index (κ3) is 6.65. The highest BCUT2D eigenvalue weighted by Gasteiger charge is 2.39. The summed E-state index contributed by atoms with van der Waals surface area (Å²) >= 11 is 1.53. The molecule has 0 spiro atoms. The second kappa shape index (κ2) is 11.9. The van der Waals surface area contributed by atoms with Crippen LogP contribution in [0, 0.1) is 0 Å². The molecule has 1 amide bonds. The average molecular weight is 506 g/mol. The summed E-state index contributed by atoms with van der Waals surface area (Å²) in [6, 6.07) is 7.33. The molecule has 1 aromatic heterocycles. The monoisotopic (exact) mass is 505 g/mol. The van der Waals surface area contributed by atoms with E-state index in [4.69, 9.17) is 4.74 Å². The number of carbonyl (C=O) groups excluding carboxylic acids is 1. The van der Waals surface area contributed by atoms with Gasteiger partial charge in [-0.05, 0) is 49.7 Å². The van der Waals surface area contributed by atoms with Gasteiger partial charge in [0.1, 0.15) is 17.3 Å². The Morgan fingerprint density at radius 3 is 2.91 bits per heavy atom. The van der Waals surface area contributed by atoms with Crippen molar-refractivity contribution >= 4 is 17.2 Å². The number of carbonyl (C=O) groups is 1. The molecule has 3 N–H and O–H groups in total. The third-order valence-corrected chi connectivity index (χ3v) is 8.46. The van der Waals surface area contributed by atoms with Crippen molar-refractivity contribution in [3.63, 3.8) is 0 Å². The standard InChI is InChI=1S/C26H36FN3O4S/c1-34-17-25-28-15-23(35-25)26(33)10-7-21(8-11-26)30-12-9-20(16-30)29-24(32)6-5-22(31)19-4-2-3-18(13-19)14-27/h2-4,13,15,20-22,31,33H,5-12,14,16-17H2,1H3,(H,29,32)/t20-,21?,22?,26?/m1/s1. The van der Waals surface area contributed by atoms with Gasteiger partial charge in [0.25, 0.3) is 0 Å². The molecule has 2 fully saturated rings. The quantitative estimate of drug-likeness (QED) is 0.457. The highest BCUT2D eigenvalue weighted by atomic mass is 32.1. The van der Waals surface area contributed by atoms with Crippen LogP contribution in [-0.4, -0.2) is 58.3 Å². The van der Waals surface area contributed by atoms with E-state index in [2.05, 4.69) is 15.2 Å². The lowest BCUT2D eigenvalue weighted by molar-refractivity contribution is -0.122. The van der Waals surface area contributed by atoms with Gasteiger partial charge in [0.2, 0.25) is 5.91 Å². The molecule has 1 saturated heterocycles. The van der Waals surface area contributed by atoms with Gasteiger partial charge in [-0.15, -0.1) is 11.3 Å². The van der Waals surface area contributed by atoms with Crippen LogP contribution in [-0.2, 0) is 28.4 Å². The van der Waals surface area contributed by atoms with Gasteiger partial charge in [0.05, 0.1) is 17.6 Å². The van der Waals surface area contributed by atoms with Gasteiger partial charge in [0, 0.05) is 44.9 Å². The fourth-order valence-corrected chi connectivity index (χ4v) is 6.30. The number of thiazole rings is 1. The molecule has 4 rings (SSSR count). The Bertz CT molecular complexity index is 979. The molecule has 1 aliphatic carbocycles. The summed E-state index contributed by atoms with van der Waals surface area (Å²) in [6.07, 6.45) is 5.70. The van der Waals surface area contributed by atoms with Crippen LogP contribution in [0.15, 0.2) is 30.5 Å². The minimum atomic E-state index is -0.807.